The minimum Gasteiger partial charge on any atom is -0.469 e. The van der Waals surface area contributed by atoms with Crippen LogP contribution in [0.3, 0.4) is 0 Å². The number of methoxy groups -OCH3 is 1. The number of hydrogen-bond acceptors (Lipinski definition) is 5. The second-order valence-electron chi connectivity index (χ2n) is 4.97. The topological polar surface area (TPSA) is 72.2 Å². The molecule has 0 unspecified atom stereocenters. The molecule has 5 heteroatoms. The van der Waals surface area contributed by atoms with Crippen molar-refractivity contribution >= 4 is 5.97 Å². The molecule has 5 nitrogen and oxygen atoms in total. The summed E-state index contributed by atoms with van der Waals surface area (Å²) in [5, 5.41) is 8.79. The van der Waals surface area contributed by atoms with Crippen LogP contribution in [0.4, 0.5) is 0 Å². The van der Waals surface area contributed by atoms with Gasteiger partial charge in [0.15, 0.2) is 0 Å². The van der Waals surface area contributed by atoms with E-state index in [0.717, 1.165) is 31.2 Å². The highest BCUT2D eigenvalue weighted by Gasteiger charge is 2.27. The van der Waals surface area contributed by atoms with E-state index >= 15 is 0 Å². The third kappa shape index (κ3) is 3.78. The predicted octanol–water partition coefficient (Wildman–Crippen LogP) is 2.20. The Labute approximate surface area is 118 Å². The van der Waals surface area contributed by atoms with Crippen molar-refractivity contribution in [2.75, 3.05) is 7.11 Å². The van der Waals surface area contributed by atoms with Gasteiger partial charge in [-0.2, -0.15) is 5.26 Å². The molecule has 1 fully saturated rings. The zero-order valence-electron chi connectivity index (χ0n) is 11.5. The smallest absolute Gasteiger partial charge is 0.308 e. The Morgan fingerprint density at radius 2 is 2.20 bits per heavy atom. The van der Waals surface area contributed by atoms with Gasteiger partial charge in [0, 0.05) is 6.20 Å². The minimum atomic E-state index is -0.115. The molecule has 0 amide bonds. The Kier molecular flexibility index (Phi) is 5.08. The number of ether oxygens (including phenoxy) is 2. The van der Waals surface area contributed by atoms with Crippen molar-refractivity contribution in [3.05, 3.63) is 29.6 Å². The molecule has 20 heavy (non-hydrogen) atoms. The van der Waals surface area contributed by atoms with Crippen molar-refractivity contribution in [1.29, 1.82) is 5.26 Å². The molecule has 0 aliphatic heterocycles. The summed E-state index contributed by atoms with van der Waals surface area (Å²) >= 11 is 0. The molecule has 0 aromatic carbocycles. The minimum absolute atomic E-state index is 0.0194. The molecule has 1 aliphatic carbocycles. The maximum atomic E-state index is 11.4. The summed E-state index contributed by atoms with van der Waals surface area (Å²) in [5.74, 6) is -0.0952. The number of carbonyl (C=O) groups excluding carboxylic acids is 1. The van der Waals surface area contributed by atoms with Crippen LogP contribution in [0, 0.1) is 17.2 Å². The van der Waals surface area contributed by atoms with Crippen molar-refractivity contribution in [1.82, 2.24) is 4.98 Å². The number of nitriles is 1. The maximum Gasteiger partial charge on any atom is 0.308 e. The summed E-state index contributed by atoms with van der Waals surface area (Å²) in [4.78, 5) is 15.3. The van der Waals surface area contributed by atoms with Crippen molar-refractivity contribution < 1.29 is 14.3 Å². The van der Waals surface area contributed by atoms with Crippen LogP contribution in [0.2, 0.25) is 0 Å². The van der Waals surface area contributed by atoms with Crippen LogP contribution in [0.25, 0.3) is 0 Å². The first-order valence-corrected chi connectivity index (χ1v) is 6.77. The number of nitrogens with zero attached hydrogens (tertiary/aromatic N) is 2. The third-order valence-corrected chi connectivity index (χ3v) is 3.63. The van der Waals surface area contributed by atoms with Crippen LogP contribution in [-0.4, -0.2) is 24.2 Å². The molecule has 1 aromatic heterocycles. The molecule has 1 saturated carbocycles. The Balaban J connectivity index is 1.79. The van der Waals surface area contributed by atoms with Gasteiger partial charge in [-0.1, -0.05) is 0 Å². The van der Waals surface area contributed by atoms with E-state index in [4.69, 9.17) is 14.7 Å². The summed E-state index contributed by atoms with van der Waals surface area (Å²) < 4.78 is 10.6. The quantitative estimate of drug-likeness (QED) is 0.787. The van der Waals surface area contributed by atoms with Crippen LogP contribution in [0.1, 0.15) is 36.9 Å². The maximum absolute atomic E-state index is 11.4. The summed E-state index contributed by atoms with van der Waals surface area (Å²) in [7, 11) is 1.43. The number of carbonyl (C=O) groups is 1. The molecular weight excluding hydrogens is 256 g/mol. The highest BCUT2D eigenvalue weighted by molar-refractivity contribution is 5.72. The second kappa shape index (κ2) is 7.01. The first-order chi connectivity index (χ1) is 9.72. The molecule has 2 rings (SSSR count). The Morgan fingerprint density at radius 3 is 2.85 bits per heavy atom. The monoisotopic (exact) mass is 274 g/mol. The van der Waals surface area contributed by atoms with Gasteiger partial charge >= 0.3 is 5.97 Å². The number of aromatic nitrogens is 1. The molecule has 0 N–H and O–H groups in total. The average molecular weight is 274 g/mol. The van der Waals surface area contributed by atoms with E-state index in [2.05, 4.69) is 4.98 Å². The Morgan fingerprint density at radius 1 is 1.45 bits per heavy atom. The van der Waals surface area contributed by atoms with Crippen LogP contribution in [0.5, 0.6) is 0 Å². The molecule has 106 valence electrons. The standard InChI is InChI=1S/C15H18N2O3/c1-19-15(18)12-2-4-14(5-3-12)20-10-11-6-7-17-13(8-11)9-16/h6-8,12,14H,2-5,10H2,1H3. The first-order valence-electron chi connectivity index (χ1n) is 6.77. The zero-order valence-corrected chi connectivity index (χ0v) is 11.5. The van der Waals surface area contributed by atoms with Gasteiger partial charge in [-0.15, -0.1) is 0 Å². The number of rotatable bonds is 4. The van der Waals surface area contributed by atoms with Gasteiger partial charge in [-0.25, -0.2) is 4.98 Å². The van der Waals surface area contributed by atoms with E-state index in [9.17, 15) is 4.79 Å². The SMILES string of the molecule is COC(=O)C1CCC(OCc2ccnc(C#N)c2)CC1. The molecular formula is C15H18N2O3. The molecule has 1 heterocycles. The van der Waals surface area contributed by atoms with Crippen molar-refractivity contribution in [2.24, 2.45) is 5.92 Å². The lowest BCUT2D eigenvalue weighted by molar-refractivity contribution is -0.147. The van der Waals surface area contributed by atoms with Gasteiger partial charge < -0.3 is 9.47 Å². The molecule has 1 aromatic rings. The number of hydrogen-bond donors (Lipinski definition) is 0. The summed E-state index contributed by atoms with van der Waals surface area (Å²) in [6, 6.07) is 5.60. The van der Waals surface area contributed by atoms with E-state index in [1.165, 1.54) is 7.11 Å². The van der Waals surface area contributed by atoms with Crippen LogP contribution >= 0.6 is 0 Å². The fourth-order valence-corrected chi connectivity index (χ4v) is 2.47. The molecule has 1 aliphatic rings. The zero-order chi connectivity index (χ0) is 14.4. The third-order valence-electron chi connectivity index (χ3n) is 3.63. The number of pyridine rings is 1. The van der Waals surface area contributed by atoms with Crippen LogP contribution in [-0.2, 0) is 20.9 Å². The van der Waals surface area contributed by atoms with Gasteiger partial charge in [-0.05, 0) is 43.4 Å². The van der Waals surface area contributed by atoms with Gasteiger partial charge in [0.1, 0.15) is 11.8 Å². The molecule has 0 atom stereocenters. The average Bonchev–Trinajstić information content (AvgIpc) is 2.53. The molecule has 0 bridgehead atoms. The molecule has 0 spiro atoms. The normalized spacial score (nSPS) is 22.0. The molecule has 0 radical (unpaired) electrons. The predicted molar refractivity (Wildman–Crippen MR) is 71.5 cm³/mol. The van der Waals surface area contributed by atoms with E-state index < -0.39 is 0 Å². The van der Waals surface area contributed by atoms with Gasteiger partial charge in [0.05, 0.1) is 25.7 Å². The largest absolute Gasteiger partial charge is 0.469 e. The van der Waals surface area contributed by atoms with E-state index in [1.807, 2.05) is 12.1 Å². The summed E-state index contributed by atoms with van der Waals surface area (Å²) in [6.45, 7) is 0.477. The lowest BCUT2D eigenvalue weighted by Crippen LogP contribution is -2.26. The van der Waals surface area contributed by atoms with Crippen LogP contribution < -0.4 is 0 Å². The second-order valence-corrected chi connectivity index (χ2v) is 4.97. The van der Waals surface area contributed by atoms with Gasteiger partial charge in [0.25, 0.3) is 0 Å². The van der Waals surface area contributed by atoms with E-state index in [1.54, 1.807) is 12.3 Å². The number of esters is 1. The fraction of sp³-hybridized carbons (Fsp3) is 0.533. The Bertz CT molecular complexity index is 502. The highest BCUT2D eigenvalue weighted by atomic mass is 16.5. The summed E-state index contributed by atoms with van der Waals surface area (Å²) in [5.41, 5.74) is 1.35. The molecule has 0 saturated heterocycles. The Hall–Kier alpha value is -1.93. The van der Waals surface area contributed by atoms with Gasteiger partial charge in [0.2, 0.25) is 0 Å². The fourth-order valence-electron chi connectivity index (χ4n) is 2.47. The lowest BCUT2D eigenvalue weighted by Gasteiger charge is -2.27. The lowest BCUT2D eigenvalue weighted by atomic mass is 9.87. The van der Waals surface area contributed by atoms with E-state index in [-0.39, 0.29) is 18.0 Å². The van der Waals surface area contributed by atoms with Crippen molar-refractivity contribution in [2.45, 2.75) is 38.4 Å². The van der Waals surface area contributed by atoms with Crippen LogP contribution in [0.15, 0.2) is 18.3 Å². The first kappa shape index (κ1) is 14.5. The van der Waals surface area contributed by atoms with Crippen molar-refractivity contribution in [3.63, 3.8) is 0 Å². The van der Waals surface area contributed by atoms with Crippen molar-refractivity contribution in [3.8, 4) is 6.07 Å². The summed E-state index contributed by atoms with van der Waals surface area (Å²) in [6.07, 6.45) is 5.17. The highest BCUT2D eigenvalue weighted by Crippen LogP contribution is 2.27. The van der Waals surface area contributed by atoms with Gasteiger partial charge in [-0.3, -0.25) is 4.79 Å². The van der Waals surface area contributed by atoms with E-state index in [0.29, 0.717) is 12.3 Å².